The monoisotopic (exact) mass is 739 g/mol. The molecule has 14 heteroatoms. The van der Waals surface area contributed by atoms with Crippen LogP contribution in [0.15, 0.2) is 83.6 Å². The maximum atomic E-state index is 13.2. The van der Waals surface area contributed by atoms with Crippen LogP contribution < -0.4 is 20.1 Å². The molecule has 5 aromatic rings. The van der Waals surface area contributed by atoms with Crippen LogP contribution in [0.5, 0.6) is 17.2 Å². The predicted octanol–water partition coefficient (Wildman–Crippen LogP) is 5.91. The lowest BCUT2D eigenvalue weighted by molar-refractivity contribution is -0.136. The summed E-state index contributed by atoms with van der Waals surface area (Å²) in [6.07, 6.45) is 9.41. The molecular formula is C41H37N7O7. The zero-order valence-electron chi connectivity index (χ0n) is 30.0. The van der Waals surface area contributed by atoms with Gasteiger partial charge in [0.1, 0.15) is 23.6 Å². The Kier molecular flexibility index (Phi) is 8.59. The summed E-state index contributed by atoms with van der Waals surface area (Å²) in [5, 5.41) is 9.46. The van der Waals surface area contributed by atoms with Gasteiger partial charge in [0.15, 0.2) is 11.6 Å². The smallest absolute Gasteiger partial charge is 0.295 e. The van der Waals surface area contributed by atoms with Gasteiger partial charge in [-0.2, -0.15) is 4.98 Å². The lowest BCUT2D eigenvalue weighted by Gasteiger charge is -2.36. The van der Waals surface area contributed by atoms with E-state index in [9.17, 15) is 19.2 Å². The van der Waals surface area contributed by atoms with Crippen LogP contribution in [0.4, 0.5) is 5.69 Å². The minimum atomic E-state index is -0.988. The van der Waals surface area contributed by atoms with Crippen molar-refractivity contribution in [2.45, 2.75) is 81.9 Å². The molecule has 2 aromatic heterocycles. The van der Waals surface area contributed by atoms with Crippen LogP contribution in [0, 0.1) is 6.92 Å². The van der Waals surface area contributed by atoms with Gasteiger partial charge in [0.2, 0.25) is 17.6 Å². The van der Waals surface area contributed by atoms with Crippen LogP contribution in [-0.4, -0.2) is 66.8 Å². The van der Waals surface area contributed by atoms with Crippen LogP contribution in [0.3, 0.4) is 0 Å². The van der Waals surface area contributed by atoms with E-state index in [0.29, 0.717) is 23.1 Å². The topological polar surface area (TPSA) is 179 Å². The Bertz CT molecular complexity index is 2290. The van der Waals surface area contributed by atoms with E-state index in [1.54, 1.807) is 37.5 Å². The second kappa shape index (κ2) is 13.8. The van der Waals surface area contributed by atoms with Crippen molar-refractivity contribution in [2.24, 2.45) is 0 Å². The maximum absolute atomic E-state index is 13.2. The van der Waals surface area contributed by atoms with Crippen LogP contribution >= 0.6 is 0 Å². The fraction of sp³-hybridized carbons (Fsp3) is 0.317. The number of hydrogen-bond acceptors (Lipinski definition) is 12. The van der Waals surface area contributed by atoms with Gasteiger partial charge in [-0.15, -0.1) is 0 Å². The fourth-order valence-electron chi connectivity index (χ4n) is 8.19. The first kappa shape index (κ1) is 34.3. The standard InChI is InChI=1S/C41H37N7O7/c1-23-44-38(55-47-23)36-42-21-31(22-43-36)54-29-11-6-25(7-12-29)41(16-2-3-17-41)24-4-9-28(10-5-24)53-30-18-27(19-30)45-26-8-13-32-33(20-26)40(52)48(39(32)51)34-14-15-35(49)46-37(34)50/h4-13,20-22,27,30,34,45H,2-3,14-19H2,1H3,(H,46,49,50)/t27-,30-,34?. The molecular weight excluding hydrogens is 702 g/mol. The van der Waals surface area contributed by atoms with E-state index >= 15 is 0 Å². The third kappa shape index (κ3) is 6.47. The SMILES string of the molecule is Cc1noc(-c2ncc(Oc3ccc(C4(c5ccc(O[C@H]6C[C@H](Nc7ccc8c(c7)C(=O)N(C7CCC(=O)NC7=O)C8=O)C6)cc5)CCCC4)cc3)cn2)n1. The molecule has 1 saturated heterocycles. The van der Waals surface area contributed by atoms with Gasteiger partial charge in [-0.3, -0.25) is 29.4 Å². The van der Waals surface area contributed by atoms with Crippen molar-refractivity contribution in [1.82, 2.24) is 30.3 Å². The molecule has 9 rings (SSSR count). The number of piperidine rings is 1. The lowest BCUT2D eigenvalue weighted by atomic mass is 9.73. The van der Waals surface area contributed by atoms with Crippen molar-refractivity contribution in [3.05, 3.63) is 107 Å². The highest BCUT2D eigenvalue weighted by molar-refractivity contribution is 6.23. The third-order valence-electron chi connectivity index (χ3n) is 11.1. The van der Waals surface area contributed by atoms with Gasteiger partial charge in [-0.25, -0.2) is 9.97 Å². The Labute approximate surface area is 315 Å². The van der Waals surface area contributed by atoms with E-state index in [-0.39, 0.29) is 47.4 Å². The van der Waals surface area contributed by atoms with Crippen molar-refractivity contribution < 1.29 is 33.2 Å². The number of amides is 4. The second-order valence-electron chi connectivity index (χ2n) is 14.6. The van der Waals surface area contributed by atoms with Gasteiger partial charge in [0, 0.05) is 36.4 Å². The van der Waals surface area contributed by atoms with Crippen molar-refractivity contribution in [3.8, 4) is 29.0 Å². The Morgan fingerprint density at radius 3 is 2.16 bits per heavy atom. The first-order chi connectivity index (χ1) is 26.7. The number of carbonyl (C=O) groups excluding carboxylic acids is 4. The highest BCUT2D eigenvalue weighted by Crippen LogP contribution is 2.47. The lowest BCUT2D eigenvalue weighted by Crippen LogP contribution is -2.54. The van der Waals surface area contributed by atoms with E-state index in [1.807, 2.05) is 12.1 Å². The number of nitrogens with zero attached hydrogens (tertiary/aromatic N) is 5. The molecule has 2 aliphatic heterocycles. The number of carbonyl (C=O) groups is 4. The Balaban J connectivity index is 0.797. The summed E-state index contributed by atoms with van der Waals surface area (Å²) in [7, 11) is 0. The minimum Gasteiger partial charge on any atom is -0.490 e. The molecule has 4 amide bonds. The Hall–Kier alpha value is -6.44. The van der Waals surface area contributed by atoms with Crippen molar-refractivity contribution in [2.75, 3.05) is 5.32 Å². The van der Waals surface area contributed by atoms with Crippen LogP contribution in [0.2, 0.25) is 0 Å². The number of rotatable bonds is 10. The molecule has 4 aliphatic rings. The molecule has 2 aliphatic carbocycles. The molecule has 55 heavy (non-hydrogen) atoms. The van der Waals surface area contributed by atoms with Crippen molar-refractivity contribution in [1.29, 1.82) is 0 Å². The summed E-state index contributed by atoms with van der Waals surface area (Å²) in [5.41, 5.74) is 3.66. The van der Waals surface area contributed by atoms with Crippen LogP contribution in [0.25, 0.3) is 11.7 Å². The second-order valence-corrected chi connectivity index (χ2v) is 14.6. The molecule has 1 atom stereocenters. The van der Waals surface area contributed by atoms with Gasteiger partial charge in [-0.1, -0.05) is 42.3 Å². The summed E-state index contributed by atoms with van der Waals surface area (Å²) in [6, 6.07) is 21.0. The van der Waals surface area contributed by atoms with Gasteiger partial charge in [-0.05, 0) is 79.8 Å². The molecule has 2 N–H and O–H groups in total. The summed E-state index contributed by atoms with van der Waals surface area (Å²) in [6.45, 7) is 1.74. The summed E-state index contributed by atoms with van der Waals surface area (Å²) < 4.78 is 17.5. The third-order valence-corrected chi connectivity index (χ3v) is 11.1. The quantitative estimate of drug-likeness (QED) is 0.162. The van der Waals surface area contributed by atoms with E-state index in [2.05, 4.69) is 67.1 Å². The van der Waals surface area contributed by atoms with Gasteiger partial charge in [0.25, 0.3) is 17.7 Å². The summed E-state index contributed by atoms with van der Waals surface area (Å²) in [4.78, 5) is 63.9. The highest BCUT2D eigenvalue weighted by Gasteiger charge is 2.45. The summed E-state index contributed by atoms with van der Waals surface area (Å²) in [5.74, 6) is 1.07. The average molecular weight is 740 g/mol. The number of benzene rings is 3. The Morgan fingerprint density at radius 2 is 1.51 bits per heavy atom. The number of imide groups is 2. The molecule has 0 spiro atoms. The van der Waals surface area contributed by atoms with E-state index in [4.69, 9.17) is 14.0 Å². The van der Waals surface area contributed by atoms with Crippen LogP contribution in [-0.2, 0) is 15.0 Å². The molecule has 278 valence electrons. The number of aromatic nitrogens is 4. The molecule has 4 heterocycles. The molecule has 14 nitrogen and oxygen atoms in total. The molecule has 0 bridgehead atoms. The largest absolute Gasteiger partial charge is 0.490 e. The minimum absolute atomic E-state index is 0.0431. The number of fused-ring (bicyclic) bond motifs is 1. The van der Waals surface area contributed by atoms with Crippen LogP contribution in [0.1, 0.15) is 89.0 Å². The van der Waals surface area contributed by atoms with Gasteiger partial charge in [0.05, 0.1) is 23.5 Å². The molecule has 0 radical (unpaired) electrons. The van der Waals surface area contributed by atoms with Crippen molar-refractivity contribution >= 4 is 29.3 Å². The van der Waals surface area contributed by atoms with Gasteiger partial charge >= 0.3 is 0 Å². The Morgan fingerprint density at radius 1 is 0.836 bits per heavy atom. The predicted molar refractivity (Wildman–Crippen MR) is 196 cm³/mol. The number of anilines is 1. The average Bonchev–Trinajstić information content (AvgIpc) is 3.91. The molecule has 1 unspecified atom stereocenters. The zero-order valence-corrected chi connectivity index (χ0v) is 30.0. The molecule has 3 aromatic carbocycles. The molecule has 2 saturated carbocycles. The number of aryl methyl sites for hydroxylation is 1. The first-order valence-electron chi connectivity index (χ1n) is 18.5. The number of nitrogens with one attached hydrogen (secondary N) is 2. The highest BCUT2D eigenvalue weighted by atomic mass is 16.5. The van der Waals surface area contributed by atoms with E-state index < -0.39 is 29.7 Å². The van der Waals surface area contributed by atoms with E-state index in [0.717, 1.165) is 54.9 Å². The normalized spacial score (nSPS) is 21.5. The maximum Gasteiger partial charge on any atom is 0.295 e. The van der Waals surface area contributed by atoms with Gasteiger partial charge < -0.3 is 19.3 Å². The fourth-order valence-corrected chi connectivity index (χ4v) is 8.19. The number of hydrogen-bond donors (Lipinski definition) is 2. The number of ether oxygens (including phenoxy) is 2. The van der Waals surface area contributed by atoms with E-state index in [1.165, 1.54) is 11.1 Å². The molecule has 3 fully saturated rings. The summed E-state index contributed by atoms with van der Waals surface area (Å²) >= 11 is 0. The zero-order chi connectivity index (χ0) is 37.7. The van der Waals surface area contributed by atoms with Crippen molar-refractivity contribution in [3.63, 3.8) is 0 Å². The first-order valence-corrected chi connectivity index (χ1v) is 18.5.